The van der Waals surface area contributed by atoms with Crippen LogP contribution in [0.2, 0.25) is 0 Å². The minimum Gasteiger partial charge on any atom is -0.380 e. The fourth-order valence-electron chi connectivity index (χ4n) is 1.08. The molecule has 0 unspecified atom stereocenters. The third-order valence-corrected chi connectivity index (χ3v) is 1.80. The molecule has 0 fully saturated rings. The Morgan fingerprint density at radius 3 is 2.50 bits per heavy atom. The number of non-ortho nitro benzene ring substituents is 1. The smallest absolute Gasteiger partial charge is 0.269 e. The SMILES string of the molecule is C=C(COC)c1ccc([N+](=O)[O-])cc1. The molecule has 4 nitrogen and oxygen atoms in total. The first kappa shape index (κ1) is 10.4. The fraction of sp³-hybridized carbons (Fsp3) is 0.200. The van der Waals surface area contributed by atoms with E-state index < -0.39 is 4.92 Å². The van der Waals surface area contributed by atoms with Crippen molar-refractivity contribution in [3.05, 3.63) is 46.5 Å². The number of hydrogen-bond acceptors (Lipinski definition) is 3. The summed E-state index contributed by atoms with van der Waals surface area (Å²) in [5.41, 5.74) is 1.75. The molecule has 0 atom stereocenters. The van der Waals surface area contributed by atoms with Gasteiger partial charge in [-0.05, 0) is 23.3 Å². The molecule has 0 saturated heterocycles. The summed E-state index contributed by atoms with van der Waals surface area (Å²) >= 11 is 0. The van der Waals surface area contributed by atoms with Gasteiger partial charge in [-0.15, -0.1) is 0 Å². The summed E-state index contributed by atoms with van der Waals surface area (Å²) < 4.78 is 4.90. The molecular formula is C10H11NO3. The molecule has 1 aromatic carbocycles. The first-order valence-electron chi connectivity index (χ1n) is 4.06. The van der Waals surface area contributed by atoms with E-state index in [9.17, 15) is 10.1 Å². The van der Waals surface area contributed by atoms with Gasteiger partial charge in [-0.2, -0.15) is 0 Å². The first-order chi connectivity index (χ1) is 6.65. The Hall–Kier alpha value is -1.68. The van der Waals surface area contributed by atoms with Crippen LogP contribution in [0.15, 0.2) is 30.8 Å². The Kier molecular flexibility index (Phi) is 3.36. The van der Waals surface area contributed by atoms with E-state index >= 15 is 0 Å². The van der Waals surface area contributed by atoms with Crippen LogP contribution in [-0.4, -0.2) is 18.6 Å². The molecule has 14 heavy (non-hydrogen) atoms. The first-order valence-corrected chi connectivity index (χ1v) is 4.06. The Bertz CT molecular complexity index is 343. The molecule has 0 N–H and O–H groups in total. The maximum Gasteiger partial charge on any atom is 0.269 e. The van der Waals surface area contributed by atoms with Gasteiger partial charge in [0.25, 0.3) is 5.69 Å². The van der Waals surface area contributed by atoms with Crippen LogP contribution in [0.25, 0.3) is 5.57 Å². The van der Waals surface area contributed by atoms with E-state index in [0.717, 1.165) is 11.1 Å². The second kappa shape index (κ2) is 4.53. The summed E-state index contributed by atoms with van der Waals surface area (Å²) in [7, 11) is 1.58. The lowest BCUT2D eigenvalue weighted by Crippen LogP contribution is -1.93. The van der Waals surface area contributed by atoms with E-state index in [1.807, 2.05) is 0 Å². The molecule has 0 spiro atoms. The Morgan fingerprint density at radius 2 is 2.07 bits per heavy atom. The van der Waals surface area contributed by atoms with E-state index in [4.69, 9.17) is 4.74 Å². The van der Waals surface area contributed by atoms with Crippen molar-refractivity contribution in [1.82, 2.24) is 0 Å². The fourth-order valence-corrected chi connectivity index (χ4v) is 1.08. The zero-order valence-corrected chi connectivity index (χ0v) is 7.90. The Balaban J connectivity index is 2.83. The monoisotopic (exact) mass is 193 g/mol. The minimum absolute atomic E-state index is 0.0824. The standard InChI is InChI=1S/C10H11NO3/c1-8(7-14-2)9-3-5-10(6-4-9)11(12)13/h3-6H,1,7H2,2H3. The van der Waals surface area contributed by atoms with Gasteiger partial charge in [0, 0.05) is 19.2 Å². The number of nitro benzene ring substituents is 1. The maximum absolute atomic E-state index is 10.4. The molecule has 0 aliphatic carbocycles. The average Bonchev–Trinajstić information content (AvgIpc) is 2.18. The van der Waals surface area contributed by atoms with Crippen molar-refractivity contribution in [3.8, 4) is 0 Å². The van der Waals surface area contributed by atoms with Gasteiger partial charge in [0.05, 0.1) is 11.5 Å². The summed E-state index contributed by atoms with van der Waals surface area (Å²) in [6.07, 6.45) is 0. The average molecular weight is 193 g/mol. The molecule has 74 valence electrons. The van der Waals surface area contributed by atoms with Gasteiger partial charge >= 0.3 is 0 Å². The number of hydrogen-bond donors (Lipinski definition) is 0. The van der Waals surface area contributed by atoms with E-state index in [0.29, 0.717) is 6.61 Å². The highest BCUT2D eigenvalue weighted by Gasteiger charge is 2.05. The summed E-state index contributed by atoms with van der Waals surface area (Å²) in [5, 5.41) is 10.4. The highest BCUT2D eigenvalue weighted by Crippen LogP contribution is 2.17. The highest BCUT2D eigenvalue weighted by molar-refractivity contribution is 5.64. The third kappa shape index (κ3) is 2.40. The van der Waals surface area contributed by atoms with Crippen LogP contribution in [0, 0.1) is 10.1 Å². The number of benzene rings is 1. The molecule has 0 saturated carbocycles. The van der Waals surface area contributed by atoms with Gasteiger partial charge in [-0.1, -0.05) is 6.58 Å². The summed E-state index contributed by atoms with van der Waals surface area (Å²) in [6, 6.07) is 6.24. The molecule has 1 aromatic rings. The molecule has 0 aliphatic heterocycles. The molecular weight excluding hydrogens is 182 g/mol. The number of rotatable bonds is 4. The highest BCUT2D eigenvalue weighted by atomic mass is 16.6. The molecule has 1 rings (SSSR count). The van der Waals surface area contributed by atoms with Gasteiger partial charge in [0.15, 0.2) is 0 Å². The largest absolute Gasteiger partial charge is 0.380 e. The summed E-state index contributed by atoms with van der Waals surface area (Å²) in [4.78, 5) is 9.94. The second-order valence-electron chi connectivity index (χ2n) is 2.84. The van der Waals surface area contributed by atoms with Crippen molar-refractivity contribution >= 4 is 11.3 Å². The number of ether oxygens (including phenoxy) is 1. The summed E-state index contributed by atoms with van der Waals surface area (Å²) in [6.45, 7) is 4.22. The molecule has 0 amide bonds. The van der Waals surface area contributed by atoms with Crippen LogP contribution in [0.4, 0.5) is 5.69 Å². The van der Waals surface area contributed by atoms with E-state index in [1.165, 1.54) is 12.1 Å². The topological polar surface area (TPSA) is 52.4 Å². The molecule has 0 bridgehead atoms. The van der Waals surface area contributed by atoms with Crippen LogP contribution >= 0.6 is 0 Å². The lowest BCUT2D eigenvalue weighted by molar-refractivity contribution is -0.384. The number of nitrogens with zero attached hydrogens (tertiary/aromatic N) is 1. The molecule has 0 aromatic heterocycles. The number of nitro groups is 1. The van der Waals surface area contributed by atoms with Crippen molar-refractivity contribution < 1.29 is 9.66 Å². The quantitative estimate of drug-likeness (QED) is 0.544. The maximum atomic E-state index is 10.4. The lowest BCUT2D eigenvalue weighted by Gasteiger charge is -2.03. The zero-order chi connectivity index (χ0) is 10.6. The van der Waals surface area contributed by atoms with E-state index in [1.54, 1.807) is 19.2 Å². The normalized spacial score (nSPS) is 9.79. The molecule has 4 heteroatoms. The van der Waals surface area contributed by atoms with Gasteiger partial charge in [-0.25, -0.2) is 0 Å². The van der Waals surface area contributed by atoms with Crippen molar-refractivity contribution in [3.63, 3.8) is 0 Å². The van der Waals surface area contributed by atoms with Crippen molar-refractivity contribution in [2.24, 2.45) is 0 Å². The van der Waals surface area contributed by atoms with Crippen molar-refractivity contribution in [2.75, 3.05) is 13.7 Å². The van der Waals surface area contributed by atoms with Gasteiger partial charge < -0.3 is 4.74 Å². The lowest BCUT2D eigenvalue weighted by atomic mass is 10.1. The second-order valence-corrected chi connectivity index (χ2v) is 2.84. The van der Waals surface area contributed by atoms with Crippen LogP contribution in [0.5, 0.6) is 0 Å². The van der Waals surface area contributed by atoms with E-state index in [-0.39, 0.29) is 5.69 Å². The Labute approximate surface area is 82.0 Å². The molecule has 0 aliphatic rings. The van der Waals surface area contributed by atoms with Crippen LogP contribution < -0.4 is 0 Å². The van der Waals surface area contributed by atoms with Crippen molar-refractivity contribution in [1.29, 1.82) is 0 Å². The number of methoxy groups -OCH3 is 1. The predicted molar refractivity (Wildman–Crippen MR) is 54.0 cm³/mol. The zero-order valence-electron chi connectivity index (χ0n) is 7.90. The van der Waals surface area contributed by atoms with Crippen LogP contribution in [-0.2, 0) is 4.74 Å². The Morgan fingerprint density at radius 1 is 1.50 bits per heavy atom. The van der Waals surface area contributed by atoms with Crippen molar-refractivity contribution in [2.45, 2.75) is 0 Å². The minimum atomic E-state index is -0.428. The van der Waals surface area contributed by atoms with Gasteiger partial charge in [-0.3, -0.25) is 10.1 Å². The molecule has 0 heterocycles. The predicted octanol–water partition coefficient (Wildman–Crippen LogP) is 2.25. The molecule has 0 radical (unpaired) electrons. The summed E-state index contributed by atoms with van der Waals surface area (Å²) in [5.74, 6) is 0. The van der Waals surface area contributed by atoms with Gasteiger partial charge in [0.1, 0.15) is 0 Å². The van der Waals surface area contributed by atoms with Gasteiger partial charge in [0.2, 0.25) is 0 Å². The van der Waals surface area contributed by atoms with Crippen LogP contribution in [0.3, 0.4) is 0 Å². The van der Waals surface area contributed by atoms with E-state index in [2.05, 4.69) is 6.58 Å². The van der Waals surface area contributed by atoms with Crippen LogP contribution in [0.1, 0.15) is 5.56 Å². The third-order valence-electron chi connectivity index (χ3n) is 1.80.